The molecule has 39 heavy (non-hydrogen) atoms. The van der Waals surface area contributed by atoms with Gasteiger partial charge in [0.1, 0.15) is 5.82 Å². The molecule has 2 aliphatic rings. The highest BCUT2D eigenvalue weighted by Gasteiger charge is 2.38. The third-order valence-electron chi connectivity index (χ3n) is 7.35. The third-order valence-corrected chi connectivity index (χ3v) is 7.35. The van der Waals surface area contributed by atoms with Gasteiger partial charge < -0.3 is 19.5 Å². The van der Waals surface area contributed by atoms with Gasteiger partial charge in [0.25, 0.3) is 5.91 Å². The lowest BCUT2D eigenvalue weighted by atomic mass is 9.71. The number of benzene rings is 1. The van der Waals surface area contributed by atoms with Crippen LogP contribution in [0.1, 0.15) is 62.4 Å². The van der Waals surface area contributed by atoms with Crippen LogP contribution in [-0.2, 0) is 9.53 Å². The number of nitrogens with one attached hydrogen (secondary N) is 1. The first kappa shape index (κ1) is 26.4. The number of pyridine rings is 1. The molecule has 0 saturated heterocycles. The standard InChI is InChI=1S/C31H33FN4O3/c1-19(2)36(20(3)4)30(37)25-16-23(32)9-10-27(25)35-18-26(24-11-13-33-17-28(24)35)21-14-22(15-21)31(38)39-29-8-6-5-7-12-34-29/h5-13,16-22,34H,14-15H2,1-4H3. The van der Waals surface area contributed by atoms with Crippen LogP contribution in [0.5, 0.6) is 0 Å². The molecule has 1 aliphatic carbocycles. The molecule has 2 aromatic heterocycles. The minimum atomic E-state index is -0.464. The van der Waals surface area contributed by atoms with Crippen molar-refractivity contribution >= 4 is 22.8 Å². The van der Waals surface area contributed by atoms with Crippen molar-refractivity contribution in [1.29, 1.82) is 0 Å². The van der Waals surface area contributed by atoms with Crippen molar-refractivity contribution in [3.05, 3.63) is 96.2 Å². The first-order valence-corrected chi connectivity index (χ1v) is 13.3. The number of ether oxygens (including phenoxy) is 1. The van der Waals surface area contributed by atoms with E-state index >= 15 is 0 Å². The van der Waals surface area contributed by atoms with Gasteiger partial charge in [-0.2, -0.15) is 0 Å². The van der Waals surface area contributed by atoms with E-state index in [-0.39, 0.29) is 35.8 Å². The van der Waals surface area contributed by atoms with Gasteiger partial charge in [-0.3, -0.25) is 14.6 Å². The van der Waals surface area contributed by atoms with Gasteiger partial charge in [0.05, 0.1) is 28.9 Å². The molecule has 1 saturated carbocycles. The van der Waals surface area contributed by atoms with E-state index < -0.39 is 5.82 Å². The molecule has 3 aromatic rings. The second-order valence-corrected chi connectivity index (χ2v) is 10.6. The Hall–Kier alpha value is -4.20. The summed E-state index contributed by atoms with van der Waals surface area (Å²) in [5.74, 6) is -0.600. The van der Waals surface area contributed by atoms with Crippen LogP contribution < -0.4 is 5.32 Å². The summed E-state index contributed by atoms with van der Waals surface area (Å²) < 4.78 is 21.9. The maximum Gasteiger partial charge on any atom is 0.315 e. The van der Waals surface area contributed by atoms with Crippen LogP contribution in [-0.4, -0.2) is 38.4 Å². The lowest BCUT2D eigenvalue weighted by Crippen LogP contribution is -2.42. The molecule has 1 fully saturated rings. The second-order valence-electron chi connectivity index (χ2n) is 10.6. The Kier molecular flexibility index (Phi) is 7.37. The smallest absolute Gasteiger partial charge is 0.315 e. The molecule has 1 aliphatic heterocycles. The van der Waals surface area contributed by atoms with E-state index in [0.717, 1.165) is 16.5 Å². The molecular formula is C31H33FN4O3. The number of esters is 1. The summed E-state index contributed by atoms with van der Waals surface area (Å²) in [6.45, 7) is 7.82. The molecule has 8 heteroatoms. The minimum Gasteiger partial charge on any atom is -0.409 e. The Morgan fingerprint density at radius 1 is 1.10 bits per heavy atom. The van der Waals surface area contributed by atoms with E-state index in [1.54, 1.807) is 35.6 Å². The van der Waals surface area contributed by atoms with E-state index in [9.17, 15) is 14.0 Å². The number of nitrogens with zero attached hydrogens (tertiary/aromatic N) is 3. The molecule has 3 heterocycles. The van der Waals surface area contributed by atoms with Gasteiger partial charge in [-0.15, -0.1) is 0 Å². The molecule has 0 atom stereocenters. The number of halogens is 1. The number of carbonyl (C=O) groups excluding carboxylic acids is 2. The topological polar surface area (TPSA) is 76.5 Å². The van der Waals surface area contributed by atoms with Gasteiger partial charge in [0.15, 0.2) is 0 Å². The summed E-state index contributed by atoms with van der Waals surface area (Å²) in [6, 6.07) is 6.19. The highest BCUT2D eigenvalue weighted by Crippen LogP contribution is 2.45. The van der Waals surface area contributed by atoms with Crippen molar-refractivity contribution < 1.29 is 18.7 Å². The van der Waals surface area contributed by atoms with Gasteiger partial charge in [-0.25, -0.2) is 4.39 Å². The lowest BCUT2D eigenvalue weighted by molar-refractivity contribution is -0.148. The molecule has 5 rings (SSSR count). The summed E-state index contributed by atoms with van der Waals surface area (Å²) in [4.78, 5) is 32.5. The Balaban J connectivity index is 1.45. The Labute approximate surface area is 227 Å². The number of hydrogen-bond acceptors (Lipinski definition) is 5. The molecule has 1 N–H and O–H groups in total. The quantitative estimate of drug-likeness (QED) is 0.382. The fourth-order valence-electron chi connectivity index (χ4n) is 5.48. The number of fused-ring (bicyclic) bond motifs is 1. The van der Waals surface area contributed by atoms with Crippen molar-refractivity contribution in [2.45, 2.75) is 58.5 Å². The monoisotopic (exact) mass is 528 g/mol. The van der Waals surface area contributed by atoms with Crippen molar-refractivity contribution in [2.24, 2.45) is 5.92 Å². The van der Waals surface area contributed by atoms with Gasteiger partial charge in [-0.05, 0) is 88.4 Å². The average Bonchev–Trinajstić information content (AvgIpc) is 3.03. The van der Waals surface area contributed by atoms with Gasteiger partial charge in [-0.1, -0.05) is 12.2 Å². The SMILES string of the molecule is CC(C)N(C(=O)c1cc(F)ccc1-n1cc(C2CC(C(=O)OC3=CC=CC=CN3)C2)c2ccncc21)C(C)C. The molecule has 0 bridgehead atoms. The molecule has 1 amide bonds. The van der Waals surface area contributed by atoms with Crippen molar-refractivity contribution in [1.82, 2.24) is 19.8 Å². The number of hydrogen-bond donors (Lipinski definition) is 1. The fraction of sp³-hybridized carbons (Fsp3) is 0.323. The highest BCUT2D eigenvalue weighted by atomic mass is 19.1. The molecule has 0 spiro atoms. The number of rotatable bonds is 7. The zero-order valence-corrected chi connectivity index (χ0v) is 22.6. The van der Waals surface area contributed by atoms with Crippen LogP contribution in [0.3, 0.4) is 0 Å². The molecule has 0 unspecified atom stereocenters. The Bertz CT molecular complexity index is 1490. The summed E-state index contributed by atoms with van der Waals surface area (Å²) in [5.41, 5.74) is 2.79. The van der Waals surface area contributed by atoms with Crippen molar-refractivity contribution in [3.63, 3.8) is 0 Å². The lowest BCUT2D eigenvalue weighted by Gasteiger charge is -2.33. The zero-order valence-electron chi connectivity index (χ0n) is 22.6. The van der Waals surface area contributed by atoms with E-state index in [1.807, 2.05) is 62.8 Å². The van der Waals surface area contributed by atoms with E-state index in [1.165, 1.54) is 12.1 Å². The average molecular weight is 529 g/mol. The van der Waals surface area contributed by atoms with Gasteiger partial charge in [0, 0.05) is 36.1 Å². The molecular weight excluding hydrogens is 495 g/mol. The summed E-state index contributed by atoms with van der Waals surface area (Å²) in [5, 5.41) is 3.95. The first-order valence-electron chi connectivity index (χ1n) is 13.3. The summed E-state index contributed by atoms with van der Waals surface area (Å²) >= 11 is 0. The molecule has 0 radical (unpaired) electrons. The predicted molar refractivity (Wildman–Crippen MR) is 149 cm³/mol. The van der Waals surface area contributed by atoms with Gasteiger partial charge in [0.2, 0.25) is 5.88 Å². The minimum absolute atomic E-state index is 0.0464. The Morgan fingerprint density at radius 3 is 2.62 bits per heavy atom. The van der Waals surface area contributed by atoms with Crippen molar-refractivity contribution in [3.8, 4) is 5.69 Å². The van der Waals surface area contributed by atoms with E-state index in [0.29, 0.717) is 30.0 Å². The summed E-state index contributed by atoms with van der Waals surface area (Å²) in [7, 11) is 0. The number of aromatic nitrogens is 2. The first-order chi connectivity index (χ1) is 18.7. The normalized spacial score (nSPS) is 18.5. The van der Waals surface area contributed by atoms with Crippen LogP contribution in [0, 0.1) is 11.7 Å². The van der Waals surface area contributed by atoms with Crippen molar-refractivity contribution in [2.75, 3.05) is 0 Å². The van der Waals surface area contributed by atoms with Crippen LogP contribution in [0.2, 0.25) is 0 Å². The van der Waals surface area contributed by atoms with Crippen LogP contribution >= 0.6 is 0 Å². The maximum atomic E-state index is 14.5. The van der Waals surface area contributed by atoms with E-state index in [2.05, 4.69) is 10.3 Å². The van der Waals surface area contributed by atoms with Gasteiger partial charge >= 0.3 is 5.97 Å². The number of carbonyl (C=O) groups is 2. The predicted octanol–water partition coefficient (Wildman–Crippen LogP) is 5.97. The second kappa shape index (κ2) is 10.9. The largest absolute Gasteiger partial charge is 0.409 e. The van der Waals surface area contributed by atoms with Crippen LogP contribution in [0.4, 0.5) is 4.39 Å². The summed E-state index contributed by atoms with van der Waals surface area (Å²) in [6.07, 6.45) is 15.7. The molecule has 202 valence electrons. The maximum absolute atomic E-state index is 14.5. The fourth-order valence-corrected chi connectivity index (χ4v) is 5.48. The number of amides is 1. The third kappa shape index (κ3) is 5.24. The molecule has 7 nitrogen and oxygen atoms in total. The Morgan fingerprint density at radius 2 is 1.87 bits per heavy atom. The number of allylic oxidation sites excluding steroid dienone is 4. The molecule has 1 aromatic carbocycles. The van der Waals surface area contributed by atoms with Crippen LogP contribution in [0.25, 0.3) is 16.6 Å². The van der Waals surface area contributed by atoms with E-state index in [4.69, 9.17) is 4.74 Å². The van der Waals surface area contributed by atoms with Crippen LogP contribution in [0.15, 0.2) is 79.2 Å². The highest BCUT2D eigenvalue weighted by molar-refractivity contribution is 5.99. The zero-order chi connectivity index (χ0) is 27.7.